The van der Waals surface area contributed by atoms with Crippen molar-refractivity contribution in [1.82, 2.24) is 0 Å². The Balaban J connectivity index is 3.12. The number of aromatic hydroxyl groups is 1. The van der Waals surface area contributed by atoms with Gasteiger partial charge in [0.2, 0.25) is 0 Å². The number of benzene rings is 1. The number of ether oxygens (including phenoxy) is 1. The fourth-order valence-electron chi connectivity index (χ4n) is 1.06. The number of phenolic OH excluding ortho intramolecular Hbond substituents is 1. The van der Waals surface area contributed by atoms with Crippen molar-refractivity contribution in [2.45, 2.75) is 6.42 Å². The zero-order chi connectivity index (χ0) is 9.84. The Morgan fingerprint density at radius 3 is 2.85 bits per heavy atom. The average molecular weight is 182 g/mol. The lowest BCUT2D eigenvalue weighted by Gasteiger charge is -2.06. The average Bonchev–Trinajstić information content (AvgIpc) is 2.11. The lowest BCUT2D eigenvalue weighted by Crippen LogP contribution is -1.91. The van der Waals surface area contributed by atoms with Gasteiger partial charge in [0.1, 0.15) is 5.82 Å². The van der Waals surface area contributed by atoms with E-state index >= 15 is 0 Å². The number of hydrogen-bond acceptors (Lipinski definition) is 2. The van der Waals surface area contributed by atoms with E-state index in [9.17, 15) is 9.50 Å². The molecule has 0 heterocycles. The van der Waals surface area contributed by atoms with Crippen molar-refractivity contribution in [2.75, 3.05) is 7.11 Å². The van der Waals surface area contributed by atoms with Crippen LogP contribution in [0.4, 0.5) is 4.39 Å². The molecule has 0 saturated carbocycles. The molecule has 1 aromatic rings. The molecular weight excluding hydrogens is 171 g/mol. The van der Waals surface area contributed by atoms with Crippen LogP contribution in [0.3, 0.4) is 0 Å². The van der Waals surface area contributed by atoms with Gasteiger partial charge in [0.15, 0.2) is 11.5 Å². The van der Waals surface area contributed by atoms with E-state index in [2.05, 4.69) is 6.58 Å². The SMILES string of the molecule is C=CCc1cc(O)c(OC)cc1F. The van der Waals surface area contributed by atoms with Gasteiger partial charge in [-0.3, -0.25) is 0 Å². The van der Waals surface area contributed by atoms with Crippen LogP contribution in [0.1, 0.15) is 5.56 Å². The predicted octanol–water partition coefficient (Wildman–Crippen LogP) is 2.27. The zero-order valence-electron chi connectivity index (χ0n) is 7.38. The minimum atomic E-state index is -0.394. The largest absolute Gasteiger partial charge is 0.504 e. The highest BCUT2D eigenvalue weighted by Crippen LogP contribution is 2.28. The van der Waals surface area contributed by atoms with Crippen molar-refractivity contribution in [1.29, 1.82) is 0 Å². The summed E-state index contributed by atoms with van der Waals surface area (Å²) in [5, 5.41) is 9.32. The second kappa shape index (κ2) is 3.94. The van der Waals surface area contributed by atoms with Gasteiger partial charge >= 0.3 is 0 Å². The van der Waals surface area contributed by atoms with Crippen LogP contribution in [-0.2, 0) is 6.42 Å². The number of methoxy groups -OCH3 is 1. The lowest BCUT2D eigenvalue weighted by atomic mass is 10.1. The molecule has 0 aliphatic heterocycles. The third-order valence-corrected chi connectivity index (χ3v) is 1.71. The molecule has 0 amide bonds. The predicted molar refractivity (Wildman–Crippen MR) is 48.5 cm³/mol. The van der Waals surface area contributed by atoms with Crippen LogP contribution in [0.5, 0.6) is 11.5 Å². The molecule has 0 bridgehead atoms. The molecule has 0 atom stereocenters. The molecule has 70 valence electrons. The van der Waals surface area contributed by atoms with Crippen molar-refractivity contribution in [2.24, 2.45) is 0 Å². The summed E-state index contributed by atoms with van der Waals surface area (Å²) in [6.45, 7) is 3.49. The van der Waals surface area contributed by atoms with Gasteiger partial charge in [0.05, 0.1) is 7.11 Å². The molecule has 0 aliphatic rings. The monoisotopic (exact) mass is 182 g/mol. The van der Waals surface area contributed by atoms with Crippen molar-refractivity contribution in [3.63, 3.8) is 0 Å². The second-order valence-electron chi connectivity index (χ2n) is 2.61. The summed E-state index contributed by atoms with van der Waals surface area (Å²) in [6.07, 6.45) is 1.97. The van der Waals surface area contributed by atoms with E-state index in [1.165, 1.54) is 13.2 Å². The number of rotatable bonds is 3. The fraction of sp³-hybridized carbons (Fsp3) is 0.200. The molecule has 2 nitrogen and oxygen atoms in total. The first-order valence-electron chi connectivity index (χ1n) is 3.85. The Morgan fingerprint density at radius 1 is 1.62 bits per heavy atom. The third kappa shape index (κ3) is 1.99. The molecule has 0 aliphatic carbocycles. The molecule has 0 radical (unpaired) electrons. The molecule has 0 unspecified atom stereocenters. The molecule has 1 aromatic carbocycles. The van der Waals surface area contributed by atoms with E-state index in [1.54, 1.807) is 6.08 Å². The molecular formula is C10H11FO2. The summed E-state index contributed by atoms with van der Waals surface area (Å²) in [4.78, 5) is 0. The highest BCUT2D eigenvalue weighted by molar-refractivity contribution is 5.43. The number of phenols is 1. The molecule has 0 aromatic heterocycles. The maximum atomic E-state index is 13.2. The summed E-state index contributed by atoms with van der Waals surface area (Å²) >= 11 is 0. The van der Waals surface area contributed by atoms with Gasteiger partial charge in [-0.05, 0) is 18.1 Å². The van der Waals surface area contributed by atoms with E-state index in [-0.39, 0.29) is 11.5 Å². The number of halogens is 1. The van der Waals surface area contributed by atoms with Crippen molar-refractivity contribution in [3.05, 3.63) is 36.2 Å². The summed E-state index contributed by atoms with van der Waals surface area (Å²) in [5.74, 6) is -0.305. The number of hydrogen-bond donors (Lipinski definition) is 1. The first-order valence-corrected chi connectivity index (χ1v) is 3.85. The third-order valence-electron chi connectivity index (χ3n) is 1.71. The summed E-state index contributed by atoms with van der Waals surface area (Å²) in [5.41, 5.74) is 0.410. The van der Waals surface area contributed by atoms with Crippen LogP contribution < -0.4 is 4.74 Å². The van der Waals surface area contributed by atoms with Crippen LogP contribution >= 0.6 is 0 Å². The first kappa shape index (κ1) is 9.58. The highest BCUT2D eigenvalue weighted by Gasteiger charge is 2.07. The van der Waals surface area contributed by atoms with Crippen molar-refractivity contribution in [3.8, 4) is 11.5 Å². The Morgan fingerprint density at radius 2 is 2.31 bits per heavy atom. The van der Waals surface area contributed by atoms with E-state index in [4.69, 9.17) is 4.74 Å². The molecule has 1 N–H and O–H groups in total. The fourth-order valence-corrected chi connectivity index (χ4v) is 1.06. The molecule has 3 heteroatoms. The summed E-state index contributed by atoms with van der Waals surface area (Å²) in [7, 11) is 1.38. The second-order valence-corrected chi connectivity index (χ2v) is 2.61. The van der Waals surface area contributed by atoms with Crippen LogP contribution in [0.2, 0.25) is 0 Å². The van der Waals surface area contributed by atoms with E-state index < -0.39 is 5.82 Å². The molecule has 13 heavy (non-hydrogen) atoms. The first-order chi connectivity index (χ1) is 6.19. The quantitative estimate of drug-likeness (QED) is 0.726. The van der Waals surface area contributed by atoms with Gasteiger partial charge in [-0.15, -0.1) is 6.58 Å². The maximum absolute atomic E-state index is 13.2. The van der Waals surface area contributed by atoms with Crippen molar-refractivity contribution < 1.29 is 14.2 Å². The van der Waals surface area contributed by atoms with Gasteiger partial charge in [-0.1, -0.05) is 6.08 Å². The Kier molecular flexibility index (Phi) is 2.90. The van der Waals surface area contributed by atoms with E-state index in [0.717, 1.165) is 6.07 Å². The lowest BCUT2D eigenvalue weighted by molar-refractivity contribution is 0.369. The Hall–Kier alpha value is -1.51. The van der Waals surface area contributed by atoms with Gasteiger partial charge < -0.3 is 9.84 Å². The van der Waals surface area contributed by atoms with E-state index in [1.807, 2.05) is 0 Å². The molecule has 0 spiro atoms. The topological polar surface area (TPSA) is 29.5 Å². The van der Waals surface area contributed by atoms with Crippen LogP contribution in [0, 0.1) is 5.82 Å². The van der Waals surface area contributed by atoms with Gasteiger partial charge in [0.25, 0.3) is 0 Å². The Labute approximate surface area is 76.3 Å². The minimum Gasteiger partial charge on any atom is -0.504 e. The van der Waals surface area contributed by atoms with E-state index in [0.29, 0.717) is 12.0 Å². The highest BCUT2D eigenvalue weighted by atomic mass is 19.1. The normalized spacial score (nSPS) is 9.69. The Bertz CT molecular complexity index is 321. The van der Waals surface area contributed by atoms with Gasteiger partial charge in [-0.25, -0.2) is 4.39 Å². The van der Waals surface area contributed by atoms with Crippen LogP contribution in [0.15, 0.2) is 24.8 Å². The minimum absolute atomic E-state index is 0.0549. The summed E-state index contributed by atoms with van der Waals surface area (Å²) in [6, 6.07) is 2.50. The van der Waals surface area contributed by atoms with Crippen molar-refractivity contribution >= 4 is 0 Å². The van der Waals surface area contributed by atoms with Gasteiger partial charge in [0, 0.05) is 6.07 Å². The van der Waals surface area contributed by atoms with Gasteiger partial charge in [-0.2, -0.15) is 0 Å². The molecule has 0 fully saturated rings. The standard InChI is InChI=1S/C10H11FO2/c1-3-4-7-5-9(12)10(13-2)6-8(7)11/h3,5-6,12H,1,4H2,2H3. The van der Waals surface area contributed by atoms with Crippen LogP contribution in [-0.4, -0.2) is 12.2 Å². The zero-order valence-corrected chi connectivity index (χ0v) is 7.38. The van der Waals surface area contributed by atoms with Crippen LogP contribution in [0.25, 0.3) is 0 Å². The molecule has 0 saturated heterocycles. The molecule has 1 rings (SSSR count). The number of allylic oxidation sites excluding steroid dienone is 1. The smallest absolute Gasteiger partial charge is 0.163 e. The summed E-state index contributed by atoms with van der Waals surface area (Å²) < 4.78 is 17.9. The maximum Gasteiger partial charge on any atom is 0.163 e.